The number of aryl methyl sites for hydroxylation is 1. The molecule has 0 spiro atoms. The maximum atomic E-state index is 15.4. The normalized spacial score (nSPS) is 36.7. The molecule has 5 aliphatic heterocycles. The summed E-state index contributed by atoms with van der Waals surface area (Å²) in [6, 6.07) is 10.3. The zero-order valence-corrected chi connectivity index (χ0v) is 54.7. The number of aromatic nitrogens is 4. The molecule has 3 aromatic rings. The molecular weight excluding hydrogens is 1140 g/mol. The lowest BCUT2D eigenvalue weighted by Crippen LogP contribution is -2.61. The standard InChI is InChI=1S/C65H100FN7O15/c1-17-53-65(11)57(73(62(77)88-65)69-60-52(85-60)36-82-27-26-78-13)37(2)28-50(74)38(3)31-64(10,81-16)59(41(6)55(42(7)61(76)86-53)51-32-63(9,80-15)58(75)43(8)84-51)87-54-30-48(29-40(5)83-54)71(12)25-24-47-35-72(70-68-47)49(33-66)56(79-14)45-22-20-44(21-23-45)46-19-18-39(4)67-34-46/h18-23,34-35,37-38,40-43,48-49,51-60,69,75H,17,24-33,36H2,1-16H3/t37-,38+,40+,41-,42+,43-,48-,49+,51+,52?,53+,54-,55?,56+,57+,58-,59+,60?,63+,64+,65+/m0/s1. The fourth-order valence-electron chi connectivity index (χ4n) is 14.5. The minimum atomic E-state index is -1.43. The van der Waals surface area contributed by atoms with Gasteiger partial charge in [-0.1, -0.05) is 70.2 Å². The second kappa shape index (κ2) is 29.8. The molecule has 1 amide bonds. The number of hydrogen-bond donors (Lipinski definition) is 2. The number of nitrogens with one attached hydrogen (secondary N) is 1. The molecule has 3 unspecified atom stereocenters. The quantitative estimate of drug-likeness (QED) is 0.0520. The van der Waals surface area contributed by atoms with Crippen molar-refractivity contribution < 1.29 is 76.0 Å². The van der Waals surface area contributed by atoms with Crippen molar-refractivity contribution >= 4 is 17.8 Å². The van der Waals surface area contributed by atoms with Gasteiger partial charge in [0, 0.05) is 102 Å². The third-order valence-electron chi connectivity index (χ3n) is 19.8. The molecule has 0 radical (unpaired) electrons. The number of hydrogen-bond acceptors (Lipinski definition) is 20. The molecule has 5 fully saturated rings. The zero-order valence-electron chi connectivity index (χ0n) is 54.7. The van der Waals surface area contributed by atoms with Crippen LogP contribution in [-0.4, -0.2) is 205 Å². The van der Waals surface area contributed by atoms with Crippen molar-refractivity contribution in [2.45, 2.75) is 217 Å². The second-order valence-corrected chi connectivity index (χ2v) is 26.2. The first-order valence-electron chi connectivity index (χ1n) is 31.6. The van der Waals surface area contributed by atoms with Crippen molar-refractivity contribution in [2.24, 2.45) is 29.6 Å². The van der Waals surface area contributed by atoms with Crippen LogP contribution in [0.1, 0.15) is 137 Å². The molecule has 2 N–H and O–H groups in total. The van der Waals surface area contributed by atoms with Crippen LogP contribution in [0.25, 0.3) is 11.1 Å². The first kappa shape index (κ1) is 69.3. The summed E-state index contributed by atoms with van der Waals surface area (Å²) in [5, 5.41) is 21.9. The monoisotopic (exact) mass is 1240 g/mol. The Morgan fingerprint density at radius 2 is 1.62 bits per heavy atom. The number of amides is 1. The molecule has 7 heterocycles. The number of carbonyl (C=O) groups is 3. The molecule has 1 aromatic carbocycles. The van der Waals surface area contributed by atoms with Crippen LogP contribution in [0.2, 0.25) is 0 Å². The Morgan fingerprint density at radius 1 is 0.909 bits per heavy atom. The van der Waals surface area contributed by atoms with E-state index in [0.29, 0.717) is 44.7 Å². The lowest BCUT2D eigenvalue weighted by Gasteiger charge is -2.51. The van der Waals surface area contributed by atoms with Crippen molar-refractivity contribution in [3.05, 3.63) is 65.7 Å². The van der Waals surface area contributed by atoms with Gasteiger partial charge in [0.25, 0.3) is 0 Å². The minimum absolute atomic E-state index is 0.0232. The number of ether oxygens (including phenoxy) is 11. The van der Waals surface area contributed by atoms with E-state index in [1.807, 2.05) is 105 Å². The number of ketones is 1. The molecule has 492 valence electrons. The van der Waals surface area contributed by atoms with Gasteiger partial charge in [-0.3, -0.25) is 14.6 Å². The van der Waals surface area contributed by atoms with E-state index in [1.165, 1.54) is 5.01 Å². The highest BCUT2D eigenvalue weighted by atomic mass is 19.1. The zero-order chi connectivity index (χ0) is 64.0. The minimum Gasteiger partial charge on any atom is -0.458 e. The lowest BCUT2D eigenvalue weighted by atomic mass is 9.68. The maximum absolute atomic E-state index is 15.4. The number of pyridine rings is 1. The van der Waals surface area contributed by atoms with E-state index in [-0.39, 0.29) is 56.3 Å². The number of aliphatic hydroxyl groups is 1. The number of likely N-dealkylation sites (N-methyl/N-ethyl adjacent to an activating group) is 1. The van der Waals surface area contributed by atoms with Gasteiger partial charge in [-0.2, -0.15) is 5.43 Å². The molecule has 8 rings (SSSR count). The maximum Gasteiger partial charge on any atom is 0.425 e. The lowest BCUT2D eigenvalue weighted by molar-refractivity contribution is -0.278. The number of rotatable bonds is 23. The van der Waals surface area contributed by atoms with Crippen molar-refractivity contribution in [2.75, 3.05) is 68.5 Å². The molecule has 0 bridgehead atoms. The van der Waals surface area contributed by atoms with Gasteiger partial charge in [0.2, 0.25) is 0 Å². The predicted molar refractivity (Wildman–Crippen MR) is 323 cm³/mol. The Bertz CT molecular complexity index is 2750. The highest BCUT2D eigenvalue weighted by Crippen LogP contribution is 2.47. The third-order valence-corrected chi connectivity index (χ3v) is 19.8. The third kappa shape index (κ3) is 15.5. The van der Waals surface area contributed by atoms with Gasteiger partial charge in [0.1, 0.15) is 42.9 Å². The van der Waals surface area contributed by atoms with E-state index < -0.39 is 126 Å². The second-order valence-electron chi connectivity index (χ2n) is 26.2. The summed E-state index contributed by atoms with van der Waals surface area (Å²) in [4.78, 5) is 51.2. The number of methoxy groups -OCH3 is 4. The van der Waals surface area contributed by atoms with Crippen molar-refractivity contribution in [3.63, 3.8) is 0 Å². The van der Waals surface area contributed by atoms with Crippen molar-refractivity contribution in [1.82, 2.24) is 35.3 Å². The SMILES string of the molecule is CC[C@H]1OC(=O)[C@H](C)C([C@H]2C[C@@](C)(OC)[C@@H](O)[C@H](C)O2)[C@H](C)[C@@H](O[C@H]2C[C@@H](N(C)CCc3cn([C@H](CF)[C@H](OC)c4ccc(-c5ccc(C)nc5)cc4)nn3)C[C@@H](C)O2)[C@](C)(OC)C[C@@H](C)C(=O)C[C@H](C)[C@H]2N(NC3OC3COCCOC)C(=O)O[C@]12C. The number of alkyl halides is 1. The summed E-state index contributed by atoms with van der Waals surface area (Å²) in [6.45, 7) is 21.8. The number of fused-ring (bicyclic) bond motifs is 1. The predicted octanol–water partition coefficient (Wildman–Crippen LogP) is 7.97. The van der Waals surface area contributed by atoms with Gasteiger partial charge < -0.3 is 62.1 Å². The number of aliphatic hydroxyl groups excluding tert-OH is 1. The van der Waals surface area contributed by atoms with Gasteiger partial charge in [0.05, 0.1) is 73.1 Å². The number of halogens is 1. The smallest absolute Gasteiger partial charge is 0.425 e. The Morgan fingerprint density at radius 3 is 2.27 bits per heavy atom. The fraction of sp³-hybridized carbons (Fsp3) is 0.754. The largest absolute Gasteiger partial charge is 0.458 e. The van der Waals surface area contributed by atoms with Crippen LogP contribution in [0.5, 0.6) is 0 Å². The summed E-state index contributed by atoms with van der Waals surface area (Å²) < 4.78 is 86.0. The molecule has 21 atom stereocenters. The molecular formula is C65H100FN7O15. The van der Waals surface area contributed by atoms with Crippen molar-refractivity contribution in [1.29, 1.82) is 0 Å². The van der Waals surface area contributed by atoms with Gasteiger partial charge in [-0.25, -0.2) is 18.9 Å². The average Bonchev–Trinajstić information content (AvgIpc) is 1.55. The summed E-state index contributed by atoms with van der Waals surface area (Å²) in [7, 11) is 8.40. The first-order chi connectivity index (χ1) is 41.8. The van der Waals surface area contributed by atoms with Crippen molar-refractivity contribution in [3.8, 4) is 11.1 Å². The van der Waals surface area contributed by atoms with Crippen LogP contribution in [0.4, 0.5) is 9.18 Å². The Kier molecular flexibility index (Phi) is 23.4. The number of nitrogens with zero attached hydrogens (tertiary/aromatic N) is 6. The molecule has 0 saturated carbocycles. The van der Waals surface area contributed by atoms with Crippen LogP contribution in [0.15, 0.2) is 48.8 Å². The highest BCUT2D eigenvalue weighted by molar-refractivity contribution is 5.81. The molecule has 0 aliphatic carbocycles. The van der Waals surface area contributed by atoms with E-state index in [0.717, 1.165) is 22.4 Å². The number of carbonyl (C=O) groups excluding carboxylic acids is 3. The molecule has 23 heteroatoms. The number of benzene rings is 1. The molecule has 5 aliphatic rings. The Labute approximate surface area is 519 Å². The summed E-state index contributed by atoms with van der Waals surface area (Å²) >= 11 is 0. The molecule has 88 heavy (non-hydrogen) atoms. The highest BCUT2D eigenvalue weighted by Gasteiger charge is 2.62. The molecule has 2 aromatic heterocycles. The van der Waals surface area contributed by atoms with Crippen LogP contribution in [0.3, 0.4) is 0 Å². The Balaban J connectivity index is 1.05. The van der Waals surface area contributed by atoms with Crippen LogP contribution in [0, 0.1) is 36.5 Å². The van der Waals surface area contributed by atoms with Gasteiger partial charge in [0.15, 0.2) is 18.1 Å². The number of epoxide rings is 1. The van der Waals surface area contributed by atoms with Crippen LogP contribution in [-0.2, 0) is 68.1 Å². The van der Waals surface area contributed by atoms with E-state index in [9.17, 15) is 14.7 Å². The number of cyclic esters (lactones) is 1. The van der Waals surface area contributed by atoms with Gasteiger partial charge >= 0.3 is 12.1 Å². The summed E-state index contributed by atoms with van der Waals surface area (Å²) in [5.41, 5.74) is 3.95. The summed E-state index contributed by atoms with van der Waals surface area (Å²) in [6.07, 6.45) is -1.39. The number of hydrazine groups is 1. The average molecular weight is 1240 g/mol. The van der Waals surface area contributed by atoms with Crippen LogP contribution < -0.4 is 5.43 Å². The van der Waals surface area contributed by atoms with E-state index in [4.69, 9.17) is 52.1 Å². The first-order valence-corrected chi connectivity index (χ1v) is 31.6. The van der Waals surface area contributed by atoms with E-state index in [1.54, 1.807) is 53.2 Å². The topological polar surface area (TPSA) is 238 Å². The van der Waals surface area contributed by atoms with Gasteiger partial charge in [-0.05, 0) is 96.9 Å². The van der Waals surface area contributed by atoms with Crippen LogP contribution >= 0.6 is 0 Å². The molecule has 22 nitrogen and oxygen atoms in total. The van der Waals surface area contributed by atoms with E-state index >= 15 is 9.18 Å². The number of Topliss-reactive ketones (excluding diaryl/α,β-unsaturated/α-hetero) is 1. The van der Waals surface area contributed by atoms with E-state index in [2.05, 4.69) is 32.7 Å². The molecule has 5 saturated heterocycles. The Hall–Kier alpha value is -4.63. The summed E-state index contributed by atoms with van der Waals surface area (Å²) in [5.74, 6) is -3.88. The fourth-order valence-corrected chi connectivity index (χ4v) is 14.5. The van der Waals surface area contributed by atoms with Gasteiger partial charge in [-0.15, -0.1) is 5.10 Å². The number of esters is 1.